The SMILES string of the molecule is CCS(=O)(=O)CCCN1CC2CN(CCOc3ccc(C#N)cc3)CC(C1)O2. The van der Waals surface area contributed by atoms with Crippen molar-refractivity contribution in [2.45, 2.75) is 25.6 Å². The van der Waals surface area contributed by atoms with Gasteiger partial charge in [0, 0.05) is 38.5 Å². The van der Waals surface area contributed by atoms with Gasteiger partial charge in [0.2, 0.25) is 0 Å². The van der Waals surface area contributed by atoms with Crippen LogP contribution < -0.4 is 4.74 Å². The normalized spacial score (nSPS) is 23.3. The van der Waals surface area contributed by atoms with Crippen LogP contribution in [0.2, 0.25) is 0 Å². The molecule has 1 aromatic carbocycles. The molecule has 2 heterocycles. The Labute approximate surface area is 167 Å². The summed E-state index contributed by atoms with van der Waals surface area (Å²) in [6.07, 6.45) is 1.04. The van der Waals surface area contributed by atoms with Crippen molar-refractivity contribution in [1.82, 2.24) is 9.80 Å². The molecule has 7 nitrogen and oxygen atoms in total. The monoisotopic (exact) mass is 407 g/mol. The molecule has 0 amide bonds. The predicted molar refractivity (Wildman–Crippen MR) is 107 cm³/mol. The van der Waals surface area contributed by atoms with E-state index in [1.807, 2.05) is 12.1 Å². The lowest BCUT2D eigenvalue weighted by molar-refractivity contribution is -0.139. The highest BCUT2D eigenvalue weighted by Gasteiger charge is 2.34. The van der Waals surface area contributed by atoms with Crippen LogP contribution in [-0.2, 0) is 14.6 Å². The number of fused-ring (bicyclic) bond motifs is 2. The molecule has 1 aromatic rings. The average Bonchev–Trinajstić information content (AvgIpc) is 2.68. The Hall–Kier alpha value is -1.66. The van der Waals surface area contributed by atoms with E-state index in [-0.39, 0.29) is 23.7 Å². The van der Waals surface area contributed by atoms with E-state index in [9.17, 15) is 8.42 Å². The summed E-state index contributed by atoms with van der Waals surface area (Å²) in [5.74, 6) is 1.27. The lowest BCUT2D eigenvalue weighted by Gasteiger charge is -2.45. The molecule has 2 unspecified atom stereocenters. The highest BCUT2D eigenvalue weighted by Crippen LogP contribution is 2.19. The van der Waals surface area contributed by atoms with E-state index >= 15 is 0 Å². The van der Waals surface area contributed by atoms with E-state index in [0.717, 1.165) is 45.0 Å². The predicted octanol–water partition coefficient (Wildman–Crippen LogP) is 1.15. The second-order valence-electron chi connectivity index (χ2n) is 7.47. The molecule has 154 valence electrons. The van der Waals surface area contributed by atoms with Gasteiger partial charge in [-0.25, -0.2) is 8.42 Å². The van der Waals surface area contributed by atoms with E-state index in [1.165, 1.54) is 0 Å². The first-order valence-electron chi connectivity index (χ1n) is 9.91. The minimum atomic E-state index is -2.88. The van der Waals surface area contributed by atoms with Gasteiger partial charge >= 0.3 is 0 Å². The van der Waals surface area contributed by atoms with Crippen LogP contribution in [0.1, 0.15) is 18.9 Å². The van der Waals surface area contributed by atoms with E-state index < -0.39 is 9.84 Å². The van der Waals surface area contributed by atoms with Crippen molar-refractivity contribution in [3.05, 3.63) is 29.8 Å². The maximum atomic E-state index is 11.6. The van der Waals surface area contributed by atoms with Crippen molar-refractivity contribution < 1.29 is 17.9 Å². The molecule has 0 aliphatic carbocycles. The Bertz CT molecular complexity index is 762. The van der Waals surface area contributed by atoms with Crippen molar-refractivity contribution in [1.29, 1.82) is 5.26 Å². The number of hydrogen-bond donors (Lipinski definition) is 0. The summed E-state index contributed by atoms with van der Waals surface area (Å²) in [6.45, 7) is 7.42. The first kappa shape index (κ1) is 21.1. The van der Waals surface area contributed by atoms with Crippen LogP contribution in [0.15, 0.2) is 24.3 Å². The standard InChI is InChI=1S/C20H29N3O4S/c1-2-28(24,25)11-3-8-22-13-19-15-23(16-20(14-22)27-19)9-10-26-18-6-4-17(12-21)5-7-18/h4-7,19-20H,2-3,8-11,13-16H2,1H3. The molecule has 28 heavy (non-hydrogen) atoms. The van der Waals surface area contributed by atoms with Gasteiger partial charge in [-0.15, -0.1) is 0 Å². The van der Waals surface area contributed by atoms with Gasteiger partial charge in [0.15, 0.2) is 0 Å². The molecule has 3 rings (SSSR count). The molecule has 0 radical (unpaired) electrons. The van der Waals surface area contributed by atoms with Crippen molar-refractivity contribution in [2.24, 2.45) is 0 Å². The lowest BCUT2D eigenvalue weighted by atomic mass is 10.1. The van der Waals surface area contributed by atoms with Crippen LogP contribution in [0.25, 0.3) is 0 Å². The summed E-state index contributed by atoms with van der Waals surface area (Å²) in [5.41, 5.74) is 0.630. The summed E-state index contributed by atoms with van der Waals surface area (Å²) in [5, 5.41) is 8.83. The second-order valence-corrected chi connectivity index (χ2v) is 9.95. The summed E-state index contributed by atoms with van der Waals surface area (Å²) in [6, 6.07) is 9.26. The van der Waals surface area contributed by atoms with Crippen LogP contribution in [0, 0.1) is 11.3 Å². The van der Waals surface area contributed by atoms with Gasteiger partial charge in [0.05, 0.1) is 29.6 Å². The number of morpholine rings is 2. The van der Waals surface area contributed by atoms with Crippen LogP contribution in [0.3, 0.4) is 0 Å². The number of rotatable bonds is 9. The van der Waals surface area contributed by atoms with Crippen LogP contribution in [0.4, 0.5) is 0 Å². The third-order valence-electron chi connectivity index (χ3n) is 5.26. The van der Waals surface area contributed by atoms with Crippen LogP contribution in [-0.4, -0.2) is 87.8 Å². The first-order chi connectivity index (χ1) is 13.5. The fourth-order valence-corrected chi connectivity index (χ4v) is 4.65. The summed E-state index contributed by atoms with van der Waals surface area (Å²) in [4.78, 5) is 4.72. The minimum Gasteiger partial charge on any atom is -0.492 e. The summed E-state index contributed by atoms with van der Waals surface area (Å²) in [7, 11) is -2.88. The Kier molecular flexibility index (Phi) is 7.30. The molecule has 2 fully saturated rings. The molecule has 0 N–H and O–H groups in total. The Morgan fingerprint density at radius 3 is 2.29 bits per heavy atom. The zero-order valence-electron chi connectivity index (χ0n) is 16.4. The third-order valence-corrected chi connectivity index (χ3v) is 7.05. The van der Waals surface area contributed by atoms with Gasteiger partial charge in [0.25, 0.3) is 0 Å². The molecule has 8 heteroatoms. The molecule has 0 spiro atoms. The van der Waals surface area contributed by atoms with Crippen LogP contribution >= 0.6 is 0 Å². The quantitative estimate of drug-likeness (QED) is 0.607. The molecular formula is C20H29N3O4S. The topological polar surface area (TPSA) is 82.9 Å². The van der Waals surface area contributed by atoms with Gasteiger partial charge in [-0.05, 0) is 37.2 Å². The molecule has 0 aromatic heterocycles. The number of nitrogens with zero attached hydrogens (tertiary/aromatic N) is 3. The van der Waals surface area contributed by atoms with Crippen molar-refractivity contribution in [3.63, 3.8) is 0 Å². The molecule has 2 aliphatic heterocycles. The molecular weight excluding hydrogens is 378 g/mol. The zero-order chi connectivity index (χ0) is 20.0. The molecule has 2 aliphatic rings. The molecule has 2 saturated heterocycles. The summed E-state index contributed by atoms with van der Waals surface area (Å²) < 4.78 is 35.1. The minimum absolute atomic E-state index is 0.171. The van der Waals surface area contributed by atoms with Crippen LogP contribution in [0.5, 0.6) is 5.75 Å². The fourth-order valence-electron chi connectivity index (χ4n) is 3.80. The number of sulfone groups is 1. The third kappa shape index (κ3) is 6.17. The summed E-state index contributed by atoms with van der Waals surface area (Å²) >= 11 is 0. The Balaban J connectivity index is 1.38. The fraction of sp³-hybridized carbons (Fsp3) is 0.650. The molecule has 2 bridgehead atoms. The van der Waals surface area contributed by atoms with Crippen molar-refractivity contribution >= 4 is 9.84 Å². The Morgan fingerprint density at radius 1 is 1.11 bits per heavy atom. The maximum absolute atomic E-state index is 11.6. The van der Waals surface area contributed by atoms with E-state index in [1.54, 1.807) is 19.1 Å². The lowest BCUT2D eigenvalue weighted by Crippen LogP contribution is -2.60. The van der Waals surface area contributed by atoms with Gasteiger partial charge < -0.3 is 9.47 Å². The number of hydrogen-bond acceptors (Lipinski definition) is 7. The second kappa shape index (κ2) is 9.70. The zero-order valence-corrected chi connectivity index (χ0v) is 17.2. The maximum Gasteiger partial charge on any atom is 0.150 e. The van der Waals surface area contributed by atoms with Gasteiger partial charge in [-0.2, -0.15) is 5.26 Å². The van der Waals surface area contributed by atoms with Gasteiger partial charge in [-0.3, -0.25) is 9.80 Å². The molecule has 0 saturated carbocycles. The number of ether oxygens (including phenoxy) is 2. The number of nitriles is 1. The first-order valence-corrected chi connectivity index (χ1v) is 11.7. The van der Waals surface area contributed by atoms with Crippen molar-refractivity contribution in [2.75, 3.05) is 57.4 Å². The highest BCUT2D eigenvalue weighted by molar-refractivity contribution is 7.91. The van der Waals surface area contributed by atoms with Gasteiger partial charge in [0.1, 0.15) is 22.2 Å². The largest absolute Gasteiger partial charge is 0.492 e. The average molecular weight is 408 g/mol. The van der Waals surface area contributed by atoms with E-state index in [0.29, 0.717) is 18.6 Å². The molecule has 2 atom stereocenters. The number of benzene rings is 1. The van der Waals surface area contributed by atoms with E-state index in [4.69, 9.17) is 14.7 Å². The smallest absolute Gasteiger partial charge is 0.150 e. The highest BCUT2D eigenvalue weighted by atomic mass is 32.2. The van der Waals surface area contributed by atoms with Gasteiger partial charge in [-0.1, -0.05) is 6.92 Å². The van der Waals surface area contributed by atoms with Crippen molar-refractivity contribution in [3.8, 4) is 11.8 Å². The van der Waals surface area contributed by atoms with E-state index in [2.05, 4.69) is 15.9 Å². The Morgan fingerprint density at radius 2 is 1.71 bits per heavy atom.